The molecule has 0 aliphatic heterocycles. The van der Waals surface area contributed by atoms with Gasteiger partial charge in [-0.3, -0.25) is 4.79 Å². The fourth-order valence-corrected chi connectivity index (χ4v) is 2.85. The van der Waals surface area contributed by atoms with Crippen molar-refractivity contribution in [3.8, 4) is 0 Å². The fraction of sp³-hybridized carbons (Fsp3) is 0.235. The zero-order valence-corrected chi connectivity index (χ0v) is 12.0. The van der Waals surface area contributed by atoms with E-state index in [1.165, 1.54) is 5.56 Å². The van der Waals surface area contributed by atoms with Gasteiger partial charge in [-0.15, -0.1) is 5.10 Å². The van der Waals surface area contributed by atoms with E-state index in [0.717, 1.165) is 17.5 Å². The monoisotopic (exact) mass is 292 g/mol. The molecule has 5 nitrogen and oxygen atoms in total. The Morgan fingerprint density at radius 3 is 2.77 bits per heavy atom. The third-order valence-electron chi connectivity index (χ3n) is 4.08. The molecule has 0 saturated heterocycles. The average Bonchev–Trinajstić information content (AvgIpc) is 3.20. The molecular formula is C17H16N4O. The average molecular weight is 292 g/mol. The number of carbonyl (C=O) groups is 1. The molecule has 2 atom stereocenters. The molecule has 5 heteroatoms. The summed E-state index contributed by atoms with van der Waals surface area (Å²) in [7, 11) is 0. The lowest BCUT2D eigenvalue weighted by atomic mass is 10.1. The van der Waals surface area contributed by atoms with E-state index in [0.29, 0.717) is 5.92 Å². The number of hydrogen-bond donors (Lipinski definition) is 1. The quantitative estimate of drug-likeness (QED) is 0.801. The molecule has 1 heterocycles. The summed E-state index contributed by atoms with van der Waals surface area (Å²) in [5.41, 5.74) is 2.98. The number of nitrogens with zero attached hydrogens (tertiary/aromatic N) is 3. The van der Waals surface area contributed by atoms with Crippen molar-refractivity contribution < 1.29 is 4.79 Å². The molecule has 1 amide bonds. The van der Waals surface area contributed by atoms with Crippen molar-refractivity contribution in [1.82, 2.24) is 20.3 Å². The number of para-hydroxylation sites is 1. The molecule has 1 aliphatic carbocycles. The van der Waals surface area contributed by atoms with E-state index in [2.05, 4.69) is 27.8 Å². The Kier molecular flexibility index (Phi) is 3.11. The minimum atomic E-state index is -0.0147. The second-order valence-electron chi connectivity index (χ2n) is 5.66. The van der Waals surface area contributed by atoms with Crippen LogP contribution < -0.4 is 5.32 Å². The molecule has 1 aromatic heterocycles. The van der Waals surface area contributed by atoms with Crippen molar-refractivity contribution in [2.24, 2.45) is 0 Å². The highest BCUT2D eigenvalue weighted by Crippen LogP contribution is 2.40. The first-order valence-electron chi connectivity index (χ1n) is 7.44. The normalized spacial score (nSPS) is 20.0. The Hall–Kier alpha value is -2.69. The maximum Gasteiger partial charge on any atom is 0.242 e. The molecule has 0 bridgehead atoms. The maximum atomic E-state index is 12.2. The number of nitrogens with one attached hydrogen (secondary N) is 1. The lowest BCUT2D eigenvalue weighted by Gasteiger charge is -2.05. The van der Waals surface area contributed by atoms with Gasteiger partial charge in [0.1, 0.15) is 12.1 Å². The lowest BCUT2D eigenvalue weighted by molar-refractivity contribution is -0.121. The van der Waals surface area contributed by atoms with Crippen LogP contribution in [-0.2, 0) is 11.3 Å². The van der Waals surface area contributed by atoms with Gasteiger partial charge in [-0.1, -0.05) is 47.7 Å². The SMILES string of the molecule is O=C(Cn1nnc2ccccc21)N[C@@H]1C[C@H]1c1ccccc1. The molecule has 0 radical (unpaired) electrons. The molecule has 3 aromatic rings. The summed E-state index contributed by atoms with van der Waals surface area (Å²) < 4.78 is 1.64. The minimum absolute atomic E-state index is 0.0147. The van der Waals surface area contributed by atoms with Gasteiger partial charge in [-0.25, -0.2) is 4.68 Å². The first-order valence-corrected chi connectivity index (χ1v) is 7.44. The molecule has 1 aliphatic rings. The fourth-order valence-electron chi connectivity index (χ4n) is 2.85. The van der Waals surface area contributed by atoms with Crippen LogP contribution in [0.25, 0.3) is 11.0 Å². The molecule has 22 heavy (non-hydrogen) atoms. The smallest absolute Gasteiger partial charge is 0.242 e. The Bertz CT molecular complexity index is 812. The van der Waals surface area contributed by atoms with Crippen LogP contribution in [0.5, 0.6) is 0 Å². The third-order valence-corrected chi connectivity index (χ3v) is 4.08. The standard InChI is InChI=1S/C17H16N4O/c22-17(11-21-16-9-5-4-8-14(16)19-20-21)18-15-10-13(15)12-6-2-1-3-7-12/h1-9,13,15H,10-11H2,(H,18,22)/t13-,15+/m0/s1. The second kappa shape index (κ2) is 5.26. The van der Waals surface area contributed by atoms with E-state index < -0.39 is 0 Å². The van der Waals surface area contributed by atoms with Gasteiger partial charge in [0.15, 0.2) is 0 Å². The summed E-state index contributed by atoms with van der Waals surface area (Å²) in [5, 5.41) is 11.2. The highest BCUT2D eigenvalue weighted by molar-refractivity contribution is 5.80. The van der Waals surface area contributed by atoms with E-state index >= 15 is 0 Å². The van der Waals surface area contributed by atoms with Gasteiger partial charge < -0.3 is 5.32 Å². The summed E-state index contributed by atoms with van der Waals surface area (Å²) in [6.07, 6.45) is 1.01. The first-order chi connectivity index (χ1) is 10.8. The second-order valence-corrected chi connectivity index (χ2v) is 5.66. The zero-order valence-electron chi connectivity index (χ0n) is 12.0. The van der Waals surface area contributed by atoms with Crippen LogP contribution >= 0.6 is 0 Å². The molecule has 0 spiro atoms. The van der Waals surface area contributed by atoms with Crippen LogP contribution in [0.1, 0.15) is 17.9 Å². The van der Waals surface area contributed by atoms with E-state index in [1.54, 1.807) is 4.68 Å². The summed E-state index contributed by atoms with van der Waals surface area (Å²) in [6.45, 7) is 0.207. The van der Waals surface area contributed by atoms with Crippen LogP contribution in [0.2, 0.25) is 0 Å². The van der Waals surface area contributed by atoms with Gasteiger partial charge in [0, 0.05) is 12.0 Å². The Balaban J connectivity index is 1.40. The van der Waals surface area contributed by atoms with Crippen LogP contribution in [0.4, 0.5) is 0 Å². The number of amides is 1. The molecule has 2 aromatic carbocycles. The number of fused-ring (bicyclic) bond motifs is 1. The number of carbonyl (C=O) groups excluding carboxylic acids is 1. The highest BCUT2D eigenvalue weighted by atomic mass is 16.2. The van der Waals surface area contributed by atoms with Crippen LogP contribution in [-0.4, -0.2) is 26.9 Å². The van der Waals surface area contributed by atoms with Crippen LogP contribution in [0.15, 0.2) is 54.6 Å². The first kappa shape index (κ1) is 13.0. The topological polar surface area (TPSA) is 59.8 Å². The molecule has 1 N–H and O–H groups in total. The van der Waals surface area contributed by atoms with E-state index in [-0.39, 0.29) is 18.5 Å². The van der Waals surface area contributed by atoms with Gasteiger partial charge in [-0.05, 0) is 24.1 Å². The summed E-state index contributed by atoms with van der Waals surface area (Å²) >= 11 is 0. The van der Waals surface area contributed by atoms with Gasteiger partial charge in [-0.2, -0.15) is 0 Å². The minimum Gasteiger partial charge on any atom is -0.351 e. The van der Waals surface area contributed by atoms with Gasteiger partial charge >= 0.3 is 0 Å². The largest absolute Gasteiger partial charge is 0.351 e. The summed E-state index contributed by atoms with van der Waals surface area (Å²) in [4.78, 5) is 12.2. The number of rotatable bonds is 4. The van der Waals surface area contributed by atoms with Crippen molar-refractivity contribution in [3.05, 3.63) is 60.2 Å². The number of hydrogen-bond acceptors (Lipinski definition) is 3. The highest BCUT2D eigenvalue weighted by Gasteiger charge is 2.39. The van der Waals surface area contributed by atoms with Crippen molar-refractivity contribution in [3.63, 3.8) is 0 Å². The molecule has 0 unspecified atom stereocenters. The van der Waals surface area contributed by atoms with Gasteiger partial charge in [0.05, 0.1) is 5.52 Å². The summed E-state index contributed by atoms with van der Waals surface area (Å²) in [6, 6.07) is 18.2. The maximum absolute atomic E-state index is 12.2. The van der Waals surface area contributed by atoms with Gasteiger partial charge in [0.2, 0.25) is 5.91 Å². The van der Waals surface area contributed by atoms with Crippen LogP contribution in [0, 0.1) is 0 Å². The predicted octanol–water partition coefficient (Wildman–Crippen LogP) is 2.10. The molecular weight excluding hydrogens is 276 g/mol. The van der Waals surface area contributed by atoms with E-state index in [4.69, 9.17) is 0 Å². The van der Waals surface area contributed by atoms with Gasteiger partial charge in [0.25, 0.3) is 0 Å². The number of benzene rings is 2. The summed E-state index contributed by atoms with van der Waals surface area (Å²) in [5.74, 6) is 0.428. The lowest BCUT2D eigenvalue weighted by Crippen LogP contribution is -2.30. The predicted molar refractivity (Wildman–Crippen MR) is 83.3 cm³/mol. The van der Waals surface area contributed by atoms with Crippen molar-refractivity contribution in [2.75, 3.05) is 0 Å². The van der Waals surface area contributed by atoms with E-state index in [9.17, 15) is 4.79 Å². The van der Waals surface area contributed by atoms with Crippen LogP contribution in [0.3, 0.4) is 0 Å². The van der Waals surface area contributed by atoms with Crippen molar-refractivity contribution in [1.29, 1.82) is 0 Å². The third kappa shape index (κ3) is 2.45. The Labute approximate surface area is 127 Å². The Morgan fingerprint density at radius 2 is 1.91 bits per heavy atom. The van der Waals surface area contributed by atoms with E-state index in [1.807, 2.05) is 42.5 Å². The Morgan fingerprint density at radius 1 is 1.14 bits per heavy atom. The molecule has 1 fully saturated rings. The zero-order chi connectivity index (χ0) is 14.9. The molecule has 4 rings (SSSR count). The molecule has 110 valence electrons. The van der Waals surface area contributed by atoms with Crippen molar-refractivity contribution in [2.45, 2.75) is 24.9 Å². The van der Waals surface area contributed by atoms with Crippen molar-refractivity contribution >= 4 is 16.9 Å². The number of aromatic nitrogens is 3. The molecule has 1 saturated carbocycles.